The van der Waals surface area contributed by atoms with Crippen molar-refractivity contribution in [2.45, 2.75) is 57.4 Å². The third-order valence-electron chi connectivity index (χ3n) is 4.96. The lowest BCUT2D eigenvalue weighted by Crippen LogP contribution is -2.17. The molecule has 0 unspecified atom stereocenters. The van der Waals surface area contributed by atoms with Gasteiger partial charge in [0, 0.05) is 29.3 Å². The number of rotatable bonds is 5. The minimum absolute atomic E-state index is 0.208. The molecule has 2 fully saturated rings. The first-order chi connectivity index (χ1) is 11.7. The van der Waals surface area contributed by atoms with Crippen LogP contribution in [0.25, 0.3) is 0 Å². The second kappa shape index (κ2) is 6.38. The fourth-order valence-electron chi connectivity index (χ4n) is 3.32. The maximum atomic E-state index is 13.8. The molecule has 2 aromatic rings. The minimum Gasteiger partial charge on any atom is -0.351 e. The maximum Gasteiger partial charge on any atom is 0.225 e. The van der Waals surface area contributed by atoms with Crippen molar-refractivity contribution in [2.75, 3.05) is 10.6 Å². The normalized spacial score (nSPS) is 17.9. The molecule has 1 aromatic heterocycles. The summed E-state index contributed by atoms with van der Waals surface area (Å²) >= 11 is 0. The van der Waals surface area contributed by atoms with Crippen LogP contribution in [0.5, 0.6) is 0 Å². The van der Waals surface area contributed by atoms with E-state index in [2.05, 4.69) is 15.6 Å². The van der Waals surface area contributed by atoms with Gasteiger partial charge in [0.1, 0.15) is 11.6 Å². The van der Waals surface area contributed by atoms with E-state index >= 15 is 0 Å². The summed E-state index contributed by atoms with van der Waals surface area (Å²) in [6.45, 7) is 1.78. The molecule has 1 aromatic carbocycles. The molecule has 0 bridgehead atoms. The molecular weight excluding hydrogens is 303 g/mol. The number of nitrogens with one attached hydrogen (secondary N) is 2. The molecule has 0 spiro atoms. The van der Waals surface area contributed by atoms with Crippen molar-refractivity contribution in [3.05, 3.63) is 41.3 Å². The van der Waals surface area contributed by atoms with E-state index in [-0.39, 0.29) is 5.82 Å². The van der Waals surface area contributed by atoms with E-state index in [1.54, 1.807) is 13.0 Å². The lowest BCUT2D eigenvalue weighted by Gasteiger charge is -2.15. The van der Waals surface area contributed by atoms with Crippen LogP contribution in [0.4, 0.5) is 21.8 Å². The predicted molar refractivity (Wildman–Crippen MR) is 94.3 cm³/mol. The highest BCUT2D eigenvalue weighted by atomic mass is 19.1. The number of nitrogens with zero attached hydrogens (tertiary/aromatic N) is 2. The average molecular weight is 326 g/mol. The summed E-state index contributed by atoms with van der Waals surface area (Å²) in [6, 6.07) is 7.54. The van der Waals surface area contributed by atoms with Gasteiger partial charge < -0.3 is 10.6 Å². The Morgan fingerprint density at radius 1 is 1.08 bits per heavy atom. The van der Waals surface area contributed by atoms with Crippen LogP contribution in [0.1, 0.15) is 55.7 Å². The predicted octanol–water partition coefficient (Wildman–Crippen LogP) is 4.90. The monoisotopic (exact) mass is 326 g/mol. The first-order valence-electron chi connectivity index (χ1n) is 8.87. The van der Waals surface area contributed by atoms with Crippen molar-refractivity contribution in [1.29, 1.82) is 0 Å². The van der Waals surface area contributed by atoms with Crippen LogP contribution < -0.4 is 10.6 Å². The van der Waals surface area contributed by atoms with E-state index in [4.69, 9.17) is 4.98 Å². The molecular formula is C19H23FN4. The molecule has 2 N–H and O–H groups in total. The third-order valence-corrected chi connectivity index (χ3v) is 4.96. The van der Waals surface area contributed by atoms with Gasteiger partial charge in [-0.15, -0.1) is 0 Å². The van der Waals surface area contributed by atoms with E-state index < -0.39 is 0 Å². The highest BCUT2D eigenvalue weighted by Gasteiger charge is 2.27. The molecule has 0 atom stereocenters. The van der Waals surface area contributed by atoms with Gasteiger partial charge in [0.15, 0.2) is 0 Å². The summed E-state index contributed by atoms with van der Waals surface area (Å²) in [6.07, 6.45) is 7.29. The van der Waals surface area contributed by atoms with Crippen molar-refractivity contribution >= 4 is 17.5 Å². The lowest BCUT2D eigenvalue weighted by molar-refractivity contribution is 0.619. The van der Waals surface area contributed by atoms with Gasteiger partial charge >= 0.3 is 0 Å². The summed E-state index contributed by atoms with van der Waals surface area (Å²) in [4.78, 5) is 9.32. The molecule has 0 aliphatic heterocycles. The Hall–Kier alpha value is -2.17. The number of hydrogen-bond donors (Lipinski definition) is 2. The molecule has 4 rings (SSSR count). The second-order valence-corrected chi connectivity index (χ2v) is 6.94. The lowest BCUT2D eigenvalue weighted by atomic mass is 10.2. The van der Waals surface area contributed by atoms with E-state index in [0.29, 0.717) is 23.5 Å². The van der Waals surface area contributed by atoms with Gasteiger partial charge in [-0.2, -0.15) is 4.98 Å². The SMILES string of the molecule is Cc1c(F)cccc1Nc1cc(C2CC2)nc(NC2CCCC2)n1. The first kappa shape index (κ1) is 15.4. The van der Waals surface area contributed by atoms with E-state index in [0.717, 1.165) is 17.2 Å². The van der Waals surface area contributed by atoms with Gasteiger partial charge in [0.2, 0.25) is 5.95 Å². The Bertz CT molecular complexity index is 736. The minimum atomic E-state index is -0.208. The Morgan fingerprint density at radius 3 is 2.62 bits per heavy atom. The summed E-state index contributed by atoms with van der Waals surface area (Å²) in [5.41, 5.74) is 2.44. The Balaban J connectivity index is 1.61. The Morgan fingerprint density at radius 2 is 1.88 bits per heavy atom. The van der Waals surface area contributed by atoms with Crippen LogP contribution in [0, 0.1) is 12.7 Å². The summed E-state index contributed by atoms with van der Waals surface area (Å²) in [5.74, 6) is 1.77. The average Bonchev–Trinajstić information content (AvgIpc) is 3.30. The molecule has 5 heteroatoms. The molecule has 0 radical (unpaired) electrons. The fourth-order valence-corrected chi connectivity index (χ4v) is 3.32. The molecule has 0 amide bonds. The van der Waals surface area contributed by atoms with Crippen LogP contribution in [0.2, 0.25) is 0 Å². The largest absolute Gasteiger partial charge is 0.351 e. The van der Waals surface area contributed by atoms with E-state index in [1.165, 1.54) is 44.6 Å². The van der Waals surface area contributed by atoms with Gasteiger partial charge in [-0.05, 0) is 44.7 Å². The van der Waals surface area contributed by atoms with Crippen LogP contribution in [-0.4, -0.2) is 16.0 Å². The van der Waals surface area contributed by atoms with E-state index in [9.17, 15) is 4.39 Å². The molecule has 0 saturated heterocycles. The van der Waals surface area contributed by atoms with Gasteiger partial charge in [-0.3, -0.25) is 0 Å². The number of benzene rings is 1. The molecule has 24 heavy (non-hydrogen) atoms. The van der Waals surface area contributed by atoms with Crippen molar-refractivity contribution < 1.29 is 4.39 Å². The number of halogens is 1. The zero-order valence-corrected chi connectivity index (χ0v) is 14.0. The molecule has 2 aliphatic carbocycles. The zero-order valence-electron chi connectivity index (χ0n) is 14.0. The van der Waals surface area contributed by atoms with Crippen LogP contribution in [0.15, 0.2) is 24.3 Å². The van der Waals surface area contributed by atoms with Gasteiger partial charge in [-0.1, -0.05) is 18.9 Å². The first-order valence-corrected chi connectivity index (χ1v) is 8.87. The fraction of sp³-hybridized carbons (Fsp3) is 0.474. The summed E-state index contributed by atoms with van der Waals surface area (Å²) in [7, 11) is 0. The Labute approximate surface area is 141 Å². The molecule has 4 nitrogen and oxygen atoms in total. The second-order valence-electron chi connectivity index (χ2n) is 6.94. The molecule has 126 valence electrons. The summed E-state index contributed by atoms with van der Waals surface area (Å²) < 4.78 is 13.8. The highest BCUT2D eigenvalue weighted by molar-refractivity contribution is 5.61. The van der Waals surface area contributed by atoms with Gasteiger partial charge in [0.05, 0.1) is 5.69 Å². The number of hydrogen-bond acceptors (Lipinski definition) is 4. The van der Waals surface area contributed by atoms with Crippen molar-refractivity contribution in [1.82, 2.24) is 9.97 Å². The van der Waals surface area contributed by atoms with Gasteiger partial charge in [0.25, 0.3) is 0 Å². The number of aromatic nitrogens is 2. The van der Waals surface area contributed by atoms with Crippen molar-refractivity contribution in [3.63, 3.8) is 0 Å². The van der Waals surface area contributed by atoms with Crippen LogP contribution in [-0.2, 0) is 0 Å². The van der Waals surface area contributed by atoms with Crippen LogP contribution in [0.3, 0.4) is 0 Å². The highest BCUT2D eigenvalue weighted by Crippen LogP contribution is 2.40. The topological polar surface area (TPSA) is 49.8 Å². The zero-order chi connectivity index (χ0) is 16.5. The standard InChI is InChI=1S/C19H23FN4/c1-12-15(20)7-4-8-16(12)22-18-11-17(13-9-10-13)23-19(24-18)21-14-5-2-3-6-14/h4,7-8,11,13-14H,2-3,5-6,9-10H2,1H3,(H2,21,22,23,24). The smallest absolute Gasteiger partial charge is 0.225 e. The van der Waals surface area contributed by atoms with Crippen molar-refractivity contribution in [3.8, 4) is 0 Å². The maximum absolute atomic E-state index is 13.8. The van der Waals surface area contributed by atoms with Crippen molar-refractivity contribution in [2.24, 2.45) is 0 Å². The van der Waals surface area contributed by atoms with E-state index in [1.807, 2.05) is 12.1 Å². The molecule has 2 saturated carbocycles. The summed E-state index contributed by atoms with van der Waals surface area (Å²) in [5, 5.41) is 6.75. The molecule has 1 heterocycles. The number of anilines is 3. The molecule has 2 aliphatic rings. The van der Waals surface area contributed by atoms with Gasteiger partial charge in [-0.25, -0.2) is 9.37 Å². The van der Waals surface area contributed by atoms with Crippen LogP contribution >= 0.6 is 0 Å². The Kier molecular flexibility index (Phi) is 4.08. The third kappa shape index (κ3) is 3.35. The quantitative estimate of drug-likeness (QED) is 0.820.